The van der Waals surface area contributed by atoms with Gasteiger partial charge in [-0.1, -0.05) is 44.2 Å². The molecule has 2 aliphatic heterocycles. The van der Waals surface area contributed by atoms with E-state index in [-0.39, 0.29) is 24.3 Å². The van der Waals surface area contributed by atoms with Crippen molar-refractivity contribution in [2.45, 2.75) is 52.4 Å². The Kier molecular flexibility index (Phi) is 6.24. The molecule has 27 heavy (non-hydrogen) atoms. The number of hydrogen-bond donors (Lipinski definition) is 0. The predicted molar refractivity (Wildman–Crippen MR) is 102 cm³/mol. The van der Waals surface area contributed by atoms with Gasteiger partial charge in [0.25, 0.3) is 0 Å². The van der Waals surface area contributed by atoms with Gasteiger partial charge < -0.3 is 19.3 Å². The van der Waals surface area contributed by atoms with E-state index in [1.54, 1.807) is 4.90 Å². The summed E-state index contributed by atoms with van der Waals surface area (Å²) in [5, 5.41) is 0. The molecule has 1 aromatic carbocycles. The molecule has 2 fully saturated rings. The van der Waals surface area contributed by atoms with Gasteiger partial charge in [0, 0.05) is 19.6 Å². The summed E-state index contributed by atoms with van der Waals surface area (Å²) >= 11 is 0. The number of nitrogens with zero attached hydrogens (tertiary/aromatic N) is 2. The van der Waals surface area contributed by atoms with E-state index in [1.807, 2.05) is 35.2 Å². The molecule has 3 rings (SSSR count). The van der Waals surface area contributed by atoms with Crippen LogP contribution in [0, 0.1) is 11.8 Å². The van der Waals surface area contributed by atoms with Crippen LogP contribution in [0.15, 0.2) is 30.3 Å². The number of amides is 2. The number of likely N-dealkylation sites (tertiary alicyclic amines) is 1. The van der Waals surface area contributed by atoms with Crippen LogP contribution in [0.1, 0.15) is 39.2 Å². The van der Waals surface area contributed by atoms with Crippen molar-refractivity contribution in [3.63, 3.8) is 0 Å². The highest BCUT2D eigenvalue weighted by atomic mass is 16.6. The number of rotatable bonds is 5. The minimum atomic E-state index is -0.258. The van der Waals surface area contributed by atoms with E-state index in [1.165, 1.54) is 0 Å². The minimum Gasteiger partial charge on any atom is -0.445 e. The van der Waals surface area contributed by atoms with Crippen LogP contribution < -0.4 is 0 Å². The van der Waals surface area contributed by atoms with E-state index in [2.05, 4.69) is 20.8 Å². The van der Waals surface area contributed by atoms with Crippen LogP contribution in [-0.2, 0) is 16.1 Å². The molecule has 1 aromatic rings. The third kappa shape index (κ3) is 4.73. The first kappa shape index (κ1) is 19.5. The molecular weight excluding hydrogens is 344 g/mol. The highest BCUT2D eigenvalue weighted by Gasteiger charge is 2.41. The van der Waals surface area contributed by atoms with E-state index in [9.17, 15) is 9.59 Å². The molecule has 2 heterocycles. The first-order chi connectivity index (χ1) is 13.0. The lowest BCUT2D eigenvalue weighted by molar-refractivity contribution is 0.0777. The quantitative estimate of drug-likeness (QED) is 0.784. The third-order valence-corrected chi connectivity index (χ3v) is 5.63. The number of cyclic esters (lactones) is 1. The Morgan fingerprint density at radius 2 is 1.89 bits per heavy atom. The maximum Gasteiger partial charge on any atom is 0.410 e. The number of piperidine rings is 1. The number of ether oxygens (including phenoxy) is 2. The SMILES string of the molecule is CC(C)[C@H]1OC(=O)N(CC2CCN(C(=O)OCc3ccccc3)CC2)[C@@H]1C. The lowest BCUT2D eigenvalue weighted by Crippen LogP contribution is -2.44. The van der Waals surface area contributed by atoms with Gasteiger partial charge >= 0.3 is 12.2 Å². The van der Waals surface area contributed by atoms with Gasteiger partial charge in [-0.25, -0.2) is 9.59 Å². The van der Waals surface area contributed by atoms with Crippen molar-refractivity contribution in [3.05, 3.63) is 35.9 Å². The van der Waals surface area contributed by atoms with Gasteiger partial charge in [0.15, 0.2) is 0 Å². The van der Waals surface area contributed by atoms with Gasteiger partial charge in [-0.05, 0) is 37.2 Å². The second kappa shape index (κ2) is 8.63. The Bertz CT molecular complexity index is 641. The molecule has 6 nitrogen and oxygen atoms in total. The molecule has 2 saturated heterocycles. The van der Waals surface area contributed by atoms with Gasteiger partial charge in [-0.15, -0.1) is 0 Å². The zero-order valence-electron chi connectivity index (χ0n) is 16.5. The highest BCUT2D eigenvalue weighted by molar-refractivity contribution is 5.70. The fraction of sp³-hybridized carbons (Fsp3) is 0.619. The average molecular weight is 374 g/mol. The van der Waals surface area contributed by atoms with Gasteiger partial charge in [0.1, 0.15) is 12.7 Å². The Labute approximate surface area is 161 Å². The normalized spacial score (nSPS) is 23.6. The Balaban J connectivity index is 1.43. The van der Waals surface area contributed by atoms with Gasteiger partial charge in [0.05, 0.1) is 6.04 Å². The molecule has 0 unspecified atom stereocenters. The molecule has 0 N–H and O–H groups in total. The number of carbonyl (C=O) groups excluding carboxylic acids is 2. The molecule has 2 atom stereocenters. The largest absolute Gasteiger partial charge is 0.445 e. The summed E-state index contributed by atoms with van der Waals surface area (Å²) in [6.07, 6.45) is 1.26. The molecule has 0 radical (unpaired) electrons. The molecular formula is C21H30N2O4. The van der Waals surface area contributed by atoms with Crippen molar-refractivity contribution >= 4 is 12.2 Å². The summed E-state index contributed by atoms with van der Waals surface area (Å²) in [5.74, 6) is 0.708. The van der Waals surface area contributed by atoms with Crippen LogP contribution >= 0.6 is 0 Å². The van der Waals surface area contributed by atoms with Crippen LogP contribution in [-0.4, -0.2) is 53.8 Å². The predicted octanol–water partition coefficient (Wildman–Crippen LogP) is 3.90. The van der Waals surface area contributed by atoms with Gasteiger partial charge in [-0.3, -0.25) is 0 Å². The van der Waals surface area contributed by atoms with Crippen molar-refractivity contribution in [2.75, 3.05) is 19.6 Å². The summed E-state index contributed by atoms with van der Waals surface area (Å²) in [4.78, 5) is 28.1. The molecule has 0 saturated carbocycles. The fourth-order valence-corrected chi connectivity index (χ4v) is 3.95. The van der Waals surface area contributed by atoms with Crippen molar-refractivity contribution in [2.24, 2.45) is 11.8 Å². The third-order valence-electron chi connectivity index (χ3n) is 5.63. The monoisotopic (exact) mass is 374 g/mol. The first-order valence-electron chi connectivity index (χ1n) is 9.88. The van der Waals surface area contributed by atoms with Crippen LogP contribution in [0.4, 0.5) is 9.59 Å². The maximum absolute atomic E-state index is 12.3. The van der Waals surface area contributed by atoms with Crippen LogP contribution in [0.5, 0.6) is 0 Å². The number of carbonyl (C=O) groups is 2. The molecule has 148 valence electrons. The zero-order valence-corrected chi connectivity index (χ0v) is 16.5. The average Bonchev–Trinajstić information content (AvgIpc) is 2.96. The van der Waals surface area contributed by atoms with Crippen molar-refractivity contribution < 1.29 is 19.1 Å². The molecule has 0 spiro atoms. The second-order valence-corrected chi connectivity index (χ2v) is 7.96. The van der Waals surface area contributed by atoms with E-state index < -0.39 is 0 Å². The minimum absolute atomic E-state index is 0.0365. The first-order valence-corrected chi connectivity index (χ1v) is 9.88. The summed E-state index contributed by atoms with van der Waals surface area (Å²) in [6, 6.07) is 9.80. The van der Waals surface area contributed by atoms with Gasteiger partial charge in [-0.2, -0.15) is 0 Å². The van der Waals surface area contributed by atoms with Crippen LogP contribution in [0.2, 0.25) is 0 Å². The number of benzene rings is 1. The number of hydrogen-bond acceptors (Lipinski definition) is 4. The van der Waals surface area contributed by atoms with Crippen LogP contribution in [0.25, 0.3) is 0 Å². The Morgan fingerprint density at radius 1 is 1.22 bits per heavy atom. The standard InChI is InChI=1S/C21H30N2O4/c1-15(2)19-16(3)23(21(25)27-19)13-17-9-11-22(12-10-17)20(24)26-14-18-7-5-4-6-8-18/h4-8,15-17,19H,9-14H2,1-3H3/t16-,19-/m1/s1. The van der Waals surface area contributed by atoms with Gasteiger partial charge in [0.2, 0.25) is 0 Å². The van der Waals surface area contributed by atoms with E-state index in [4.69, 9.17) is 9.47 Å². The maximum atomic E-state index is 12.3. The van der Waals surface area contributed by atoms with E-state index >= 15 is 0 Å². The zero-order chi connectivity index (χ0) is 19.4. The summed E-state index contributed by atoms with van der Waals surface area (Å²) < 4.78 is 10.9. The van der Waals surface area contributed by atoms with Crippen LogP contribution in [0.3, 0.4) is 0 Å². The smallest absolute Gasteiger partial charge is 0.410 e. The lowest BCUT2D eigenvalue weighted by atomic mass is 9.95. The Hall–Kier alpha value is -2.24. The van der Waals surface area contributed by atoms with Crippen molar-refractivity contribution in [3.8, 4) is 0 Å². The van der Waals surface area contributed by atoms with Crippen molar-refractivity contribution in [1.82, 2.24) is 9.80 Å². The molecule has 2 aliphatic rings. The Morgan fingerprint density at radius 3 is 2.48 bits per heavy atom. The molecule has 0 bridgehead atoms. The lowest BCUT2D eigenvalue weighted by Gasteiger charge is -2.34. The summed E-state index contributed by atoms with van der Waals surface area (Å²) in [5.41, 5.74) is 0.988. The second-order valence-electron chi connectivity index (χ2n) is 7.96. The van der Waals surface area contributed by atoms with E-state index in [0.29, 0.717) is 38.1 Å². The fourth-order valence-electron chi connectivity index (χ4n) is 3.95. The summed E-state index contributed by atoms with van der Waals surface area (Å²) in [7, 11) is 0. The molecule has 0 aliphatic carbocycles. The molecule has 6 heteroatoms. The van der Waals surface area contributed by atoms with Crippen molar-refractivity contribution in [1.29, 1.82) is 0 Å². The molecule has 0 aromatic heterocycles. The summed E-state index contributed by atoms with van der Waals surface area (Å²) in [6.45, 7) is 8.57. The molecule has 2 amide bonds. The topological polar surface area (TPSA) is 59.1 Å². The highest BCUT2D eigenvalue weighted by Crippen LogP contribution is 2.28. The van der Waals surface area contributed by atoms with E-state index in [0.717, 1.165) is 18.4 Å².